The van der Waals surface area contributed by atoms with Crippen LogP contribution in [0.4, 0.5) is 5.69 Å². The lowest BCUT2D eigenvalue weighted by Crippen LogP contribution is -2.34. The highest BCUT2D eigenvalue weighted by molar-refractivity contribution is 5.40. The summed E-state index contributed by atoms with van der Waals surface area (Å²) in [5.41, 5.74) is 2.41. The summed E-state index contributed by atoms with van der Waals surface area (Å²) in [6, 6.07) is 15.2. The average Bonchev–Trinajstić information content (AvgIpc) is 2.64. The van der Waals surface area contributed by atoms with E-state index in [4.69, 9.17) is 4.74 Å². The molecule has 0 N–H and O–H groups in total. The van der Waals surface area contributed by atoms with Gasteiger partial charge in [-0.15, -0.1) is 0 Å². The quantitative estimate of drug-likeness (QED) is 0.611. The third-order valence-electron chi connectivity index (χ3n) is 4.61. The molecule has 1 aliphatic heterocycles. The Morgan fingerprint density at radius 1 is 0.958 bits per heavy atom. The average molecular weight is 326 g/mol. The van der Waals surface area contributed by atoms with Gasteiger partial charge in [-0.25, -0.2) is 0 Å². The summed E-state index contributed by atoms with van der Waals surface area (Å²) in [4.78, 5) is 13.0. The molecule has 0 aromatic heterocycles. The summed E-state index contributed by atoms with van der Waals surface area (Å²) < 4.78 is 5.25. The highest BCUT2D eigenvalue weighted by Gasteiger charge is 2.24. The molecule has 126 valence electrons. The van der Waals surface area contributed by atoms with E-state index in [1.165, 1.54) is 24.8 Å². The molecule has 0 amide bonds. The van der Waals surface area contributed by atoms with Crippen LogP contribution in [0.1, 0.15) is 36.4 Å². The molecule has 5 heteroatoms. The van der Waals surface area contributed by atoms with Gasteiger partial charge in [-0.05, 0) is 49.2 Å². The number of nitro benzene ring substituents is 1. The fourth-order valence-electron chi connectivity index (χ4n) is 3.36. The van der Waals surface area contributed by atoms with E-state index in [9.17, 15) is 10.1 Å². The molecule has 0 saturated carbocycles. The Bertz CT molecular complexity index is 677. The van der Waals surface area contributed by atoms with Gasteiger partial charge in [-0.2, -0.15) is 0 Å². The van der Waals surface area contributed by atoms with Crippen LogP contribution in [-0.2, 0) is 0 Å². The minimum Gasteiger partial charge on any atom is -0.497 e. The van der Waals surface area contributed by atoms with Gasteiger partial charge in [0.15, 0.2) is 0 Å². The number of nitro groups is 1. The predicted octanol–water partition coefficient (Wildman–Crippen LogP) is 4.18. The number of hydrogen-bond donors (Lipinski definition) is 0. The van der Waals surface area contributed by atoms with Crippen molar-refractivity contribution < 1.29 is 9.66 Å². The second-order valence-corrected chi connectivity index (χ2v) is 6.12. The maximum Gasteiger partial charge on any atom is 0.269 e. The van der Waals surface area contributed by atoms with Crippen LogP contribution in [0.3, 0.4) is 0 Å². The smallest absolute Gasteiger partial charge is 0.269 e. The maximum absolute atomic E-state index is 10.9. The van der Waals surface area contributed by atoms with E-state index >= 15 is 0 Å². The van der Waals surface area contributed by atoms with Crippen LogP contribution in [0.15, 0.2) is 48.5 Å². The van der Waals surface area contributed by atoms with Gasteiger partial charge in [0, 0.05) is 12.1 Å². The zero-order valence-corrected chi connectivity index (χ0v) is 13.9. The van der Waals surface area contributed by atoms with E-state index < -0.39 is 0 Å². The topological polar surface area (TPSA) is 55.6 Å². The Hall–Kier alpha value is -2.40. The number of piperidine rings is 1. The molecule has 1 heterocycles. The minimum atomic E-state index is -0.354. The van der Waals surface area contributed by atoms with Gasteiger partial charge < -0.3 is 4.74 Å². The monoisotopic (exact) mass is 326 g/mol. The first kappa shape index (κ1) is 16.5. The van der Waals surface area contributed by atoms with E-state index in [2.05, 4.69) is 17.0 Å². The molecule has 1 saturated heterocycles. The van der Waals surface area contributed by atoms with Crippen molar-refractivity contribution in [2.75, 3.05) is 20.2 Å². The van der Waals surface area contributed by atoms with Crippen LogP contribution in [0, 0.1) is 10.1 Å². The first-order valence-corrected chi connectivity index (χ1v) is 8.31. The van der Waals surface area contributed by atoms with Gasteiger partial charge in [0.25, 0.3) is 5.69 Å². The minimum absolute atomic E-state index is 0.122. The molecule has 1 unspecified atom stereocenters. The van der Waals surface area contributed by atoms with Gasteiger partial charge in [0.2, 0.25) is 0 Å². The summed E-state index contributed by atoms with van der Waals surface area (Å²) in [5, 5.41) is 10.9. The molecule has 2 aromatic carbocycles. The molecule has 3 rings (SSSR count). The van der Waals surface area contributed by atoms with Crippen LogP contribution in [0.2, 0.25) is 0 Å². The molecule has 2 aromatic rings. The highest BCUT2D eigenvalue weighted by atomic mass is 16.6. The maximum atomic E-state index is 10.9. The lowest BCUT2D eigenvalue weighted by molar-refractivity contribution is -0.384. The Morgan fingerprint density at radius 3 is 2.00 bits per heavy atom. The fourth-order valence-corrected chi connectivity index (χ4v) is 3.36. The molecule has 0 aliphatic carbocycles. The van der Waals surface area contributed by atoms with Crippen molar-refractivity contribution in [3.05, 3.63) is 69.8 Å². The predicted molar refractivity (Wildman–Crippen MR) is 93.4 cm³/mol. The number of non-ortho nitro benzene ring substituents is 1. The van der Waals surface area contributed by atoms with Gasteiger partial charge in [0.05, 0.1) is 18.1 Å². The van der Waals surface area contributed by atoms with E-state index in [0.717, 1.165) is 24.4 Å². The van der Waals surface area contributed by atoms with Crippen LogP contribution < -0.4 is 4.74 Å². The first-order valence-electron chi connectivity index (χ1n) is 8.31. The molecule has 0 radical (unpaired) electrons. The van der Waals surface area contributed by atoms with Gasteiger partial charge >= 0.3 is 0 Å². The summed E-state index contributed by atoms with van der Waals surface area (Å²) in [6.45, 7) is 2.10. The third-order valence-corrected chi connectivity index (χ3v) is 4.61. The first-order chi connectivity index (χ1) is 11.7. The second kappa shape index (κ2) is 7.45. The molecule has 1 aliphatic rings. The Labute approximate surface area is 142 Å². The number of benzene rings is 2. The standard InChI is InChI=1S/C19H22N2O3/c1-24-18-11-7-16(8-12-18)19(20-13-3-2-4-14-20)15-5-9-17(10-6-15)21(22)23/h5-12,19H,2-4,13-14H2,1H3. The number of ether oxygens (including phenoxy) is 1. The van der Waals surface area contributed by atoms with E-state index in [-0.39, 0.29) is 16.7 Å². The van der Waals surface area contributed by atoms with Crippen molar-refractivity contribution in [1.29, 1.82) is 0 Å². The van der Waals surface area contributed by atoms with Crippen LogP contribution in [0.5, 0.6) is 5.75 Å². The van der Waals surface area contributed by atoms with Crippen molar-refractivity contribution in [1.82, 2.24) is 4.90 Å². The molecule has 1 fully saturated rings. The van der Waals surface area contributed by atoms with Crippen LogP contribution in [0.25, 0.3) is 0 Å². The molecule has 0 bridgehead atoms. The van der Waals surface area contributed by atoms with E-state index in [1.54, 1.807) is 19.2 Å². The Kier molecular flexibility index (Phi) is 5.11. The van der Waals surface area contributed by atoms with Crippen molar-refractivity contribution in [3.8, 4) is 5.75 Å². The van der Waals surface area contributed by atoms with Crippen molar-refractivity contribution >= 4 is 5.69 Å². The SMILES string of the molecule is COc1ccc(C(c2ccc([N+](=O)[O-])cc2)N2CCCCC2)cc1. The van der Waals surface area contributed by atoms with Gasteiger partial charge in [0.1, 0.15) is 5.75 Å². The Morgan fingerprint density at radius 2 is 1.50 bits per heavy atom. The number of rotatable bonds is 5. The second-order valence-electron chi connectivity index (χ2n) is 6.12. The van der Waals surface area contributed by atoms with Crippen molar-refractivity contribution in [2.45, 2.75) is 25.3 Å². The number of hydrogen-bond acceptors (Lipinski definition) is 4. The van der Waals surface area contributed by atoms with Crippen molar-refractivity contribution in [3.63, 3.8) is 0 Å². The summed E-state index contributed by atoms with van der Waals surface area (Å²) in [5.74, 6) is 0.833. The largest absolute Gasteiger partial charge is 0.497 e. The van der Waals surface area contributed by atoms with Crippen LogP contribution in [-0.4, -0.2) is 30.0 Å². The molecule has 1 atom stereocenters. The number of likely N-dealkylation sites (tertiary alicyclic amines) is 1. The number of nitrogens with zero attached hydrogens (tertiary/aromatic N) is 2. The van der Waals surface area contributed by atoms with Crippen molar-refractivity contribution in [2.24, 2.45) is 0 Å². The van der Waals surface area contributed by atoms with Gasteiger partial charge in [-0.1, -0.05) is 30.7 Å². The summed E-state index contributed by atoms with van der Waals surface area (Å²) in [6.07, 6.45) is 3.66. The van der Waals surface area contributed by atoms with E-state index in [1.807, 2.05) is 24.3 Å². The summed E-state index contributed by atoms with van der Waals surface area (Å²) >= 11 is 0. The molecule has 24 heavy (non-hydrogen) atoms. The fraction of sp³-hybridized carbons (Fsp3) is 0.368. The van der Waals surface area contributed by atoms with Crippen LogP contribution >= 0.6 is 0 Å². The molecule has 0 spiro atoms. The molecule has 5 nitrogen and oxygen atoms in total. The third kappa shape index (κ3) is 3.57. The zero-order valence-electron chi connectivity index (χ0n) is 13.9. The molecular formula is C19H22N2O3. The normalized spacial score (nSPS) is 16.5. The summed E-state index contributed by atoms with van der Waals surface area (Å²) in [7, 11) is 1.66. The van der Waals surface area contributed by atoms with Gasteiger partial charge in [-0.3, -0.25) is 15.0 Å². The molecular weight excluding hydrogens is 304 g/mol. The zero-order chi connectivity index (χ0) is 16.9. The Balaban J connectivity index is 1.95. The number of methoxy groups -OCH3 is 1. The highest BCUT2D eigenvalue weighted by Crippen LogP contribution is 2.32. The lowest BCUT2D eigenvalue weighted by atomic mass is 9.94. The van der Waals surface area contributed by atoms with E-state index in [0.29, 0.717) is 0 Å². The lowest BCUT2D eigenvalue weighted by Gasteiger charge is -2.35.